The quantitative estimate of drug-likeness (QED) is 0.712. The predicted molar refractivity (Wildman–Crippen MR) is 69.6 cm³/mol. The lowest BCUT2D eigenvalue weighted by atomic mass is 9.89. The third-order valence-corrected chi connectivity index (χ3v) is 3.85. The van der Waals surface area contributed by atoms with E-state index in [9.17, 15) is 4.79 Å². The average Bonchev–Trinajstić information content (AvgIpc) is 3.07. The first-order valence-corrected chi connectivity index (χ1v) is 7.01. The van der Waals surface area contributed by atoms with Crippen LogP contribution >= 0.6 is 0 Å². The number of amides is 1. The van der Waals surface area contributed by atoms with Crippen molar-refractivity contribution in [1.29, 1.82) is 0 Å². The van der Waals surface area contributed by atoms with Crippen molar-refractivity contribution in [2.24, 2.45) is 0 Å². The maximum Gasteiger partial charge on any atom is 0.410 e. The van der Waals surface area contributed by atoms with E-state index in [1.807, 2.05) is 25.7 Å². The molecule has 2 fully saturated rings. The molecule has 2 aliphatic rings. The van der Waals surface area contributed by atoms with Crippen LogP contribution < -0.4 is 0 Å². The van der Waals surface area contributed by atoms with E-state index < -0.39 is 5.60 Å². The first-order chi connectivity index (χ1) is 8.38. The van der Waals surface area contributed by atoms with Gasteiger partial charge < -0.3 is 14.4 Å². The van der Waals surface area contributed by atoms with Crippen molar-refractivity contribution in [3.05, 3.63) is 0 Å². The number of carbonyl (C=O) groups excluding carboxylic acids is 1. The van der Waals surface area contributed by atoms with Crippen LogP contribution in [0, 0.1) is 0 Å². The molecule has 4 heteroatoms. The van der Waals surface area contributed by atoms with Crippen LogP contribution in [0.1, 0.15) is 53.4 Å². The number of epoxide rings is 1. The fourth-order valence-corrected chi connectivity index (χ4v) is 2.74. The van der Waals surface area contributed by atoms with Gasteiger partial charge in [-0.3, -0.25) is 0 Å². The summed E-state index contributed by atoms with van der Waals surface area (Å²) < 4.78 is 11.2. The summed E-state index contributed by atoms with van der Waals surface area (Å²) in [5.74, 6) is 0. The number of likely N-dealkylation sites (tertiary alicyclic amines) is 1. The summed E-state index contributed by atoms with van der Waals surface area (Å²) >= 11 is 0. The van der Waals surface area contributed by atoms with Gasteiger partial charge in [-0.2, -0.15) is 0 Å². The molecule has 4 nitrogen and oxygen atoms in total. The Bertz CT molecular complexity index is 317. The maximum absolute atomic E-state index is 12.3. The number of carbonyl (C=O) groups is 1. The Morgan fingerprint density at radius 1 is 1.44 bits per heavy atom. The Hall–Kier alpha value is -0.770. The highest BCUT2D eigenvalue weighted by molar-refractivity contribution is 5.69. The summed E-state index contributed by atoms with van der Waals surface area (Å²) in [6.07, 6.45) is 4.06. The molecule has 0 saturated carbocycles. The zero-order chi connectivity index (χ0) is 13.4. The molecule has 0 aromatic rings. The van der Waals surface area contributed by atoms with Gasteiger partial charge in [0, 0.05) is 6.54 Å². The second-order valence-corrected chi connectivity index (χ2v) is 6.39. The number of hydrogen-bond acceptors (Lipinski definition) is 3. The lowest BCUT2D eigenvalue weighted by Crippen LogP contribution is -2.52. The summed E-state index contributed by atoms with van der Waals surface area (Å²) in [4.78, 5) is 14.2. The highest BCUT2D eigenvalue weighted by Crippen LogP contribution is 2.41. The molecule has 0 aromatic heterocycles. The van der Waals surface area contributed by atoms with E-state index in [0.717, 1.165) is 32.4 Å². The van der Waals surface area contributed by atoms with Gasteiger partial charge in [0.05, 0.1) is 12.6 Å². The zero-order valence-corrected chi connectivity index (χ0v) is 12.0. The van der Waals surface area contributed by atoms with Crippen molar-refractivity contribution in [3.8, 4) is 0 Å². The van der Waals surface area contributed by atoms with E-state index in [1.54, 1.807) is 0 Å². The molecular weight excluding hydrogens is 230 g/mol. The van der Waals surface area contributed by atoms with E-state index in [1.165, 1.54) is 6.42 Å². The van der Waals surface area contributed by atoms with E-state index in [2.05, 4.69) is 6.92 Å². The van der Waals surface area contributed by atoms with Gasteiger partial charge in [-0.15, -0.1) is 0 Å². The molecule has 0 radical (unpaired) electrons. The summed E-state index contributed by atoms with van der Waals surface area (Å²) in [6.45, 7) is 9.44. The van der Waals surface area contributed by atoms with Crippen LogP contribution in [0.15, 0.2) is 0 Å². The van der Waals surface area contributed by atoms with Crippen molar-refractivity contribution in [3.63, 3.8) is 0 Å². The summed E-state index contributed by atoms with van der Waals surface area (Å²) in [6, 6.07) is 0.200. The summed E-state index contributed by atoms with van der Waals surface area (Å²) in [7, 11) is 0. The SMILES string of the molecule is CC[C@@]1([C@@H]2CCCCN2C(=O)OC(C)(C)C)CO1. The number of hydrogen-bond donors (Lipinski definition) is 0. The molecule has 2 heterocycles. The molecule has 18 heavy (non-hydrogen) atoms. The minimum Gasteiger partial charge on any atom is -0.444 e. The smallest absolute Gasteiger partial charge is 0.410 e. The van der Waals surface area contributed by atoms with Crippen LogP contribution in [0.2, 0.25) is 0 Å². The van der Waals surface area contributed by atoms with Crippen molar-refractivity contribution in [2.75, 3.05) is 13.2 Å². The molecule has 2 rings (SSSR count). The van der Waals surface area contributed by atoms with Crippen LogP contribution in [0.25, 0.3) is 0 Å². The molecule has 2 atom stereocenters. The monoisotopic (exact) mass is 255 g/mol. The van der Waals surface area contributed by atoms with E-state index in [0.29, 0.717) is 0 Å². The number of nitrogens with zero attached hydrogens (tertiary/aromatic N) is 1. The molecular formula is C14H25NO3. The Morgan fingerprint density at radius 3 is 2.61 bits per heavy atom. The molecule has 104 valence electrons. The van der Waals surface area contributed by atoms with Crippen molar-refractivity contribution in [1.82, 2.24) is 4.90 Å². The van der Waals surface area contributed by atoms with Crippen LogP contribution in [0.5, 0.6) is 0 Å². The molecule has 2 saturated heterocycles. The zero-order valence-electron chi connectivity index (χ0n) is 12.0. The largest absolute Gasteiger partial charge is 0.444 e. The van der Waals surface area contributed by atoms with Crippen LogP contribution in [0.3, 0.4) is 0 Å². The second-order valence-electron chi connectivity index (χ2n) is 6.39. The Labute approximate surface area is 110 Å². The first-order valence-electron chi connectivity index (χ1n) is 7.01. The van der Waals surface area contributed by atoms with E-state index in [-0.39, 0.29) is 17.7 Å². The Morgan fingerprint density at radius 2 is 2.11 bits per heavy atom. The molecule has 0 aliphatic carbocycles. The lowest BCUT2D eigenvalue weighted by molar-refractivity contribution is -0.00357. The average molecular weight is 255 g/mol. The molecule has 0 aromatic carbocycles. The van der Waals surface area contributed by atoms with Gasteiger partial charge in [-0.05, 0) is 46.5 Å². The van der Waals surface area contributed by atoms with Crippen molar-refractivity contribution >= 4 is 6.09 Å². The predicted octanol–water partition coefficient (Wildman–Crippen LogP) is 2.96. The molecule has 0 N–H and O–H groups in total. The minimum atomic E-state index is -0.428. The van der Waals surface area contributed by atoms with Gasteiger partial charge in [0.2, 0.25) is 0 Å². The topological polar surface area (TPSA) is 42.1 Å². The Balaban J connectivity index is 2.06. The molecule has 1 amide bonds. The molecule has 2 aliphatic heterocycles. The van der Waals surface area contributed by atoms with Gasteiger partial charge >= 0.3 is 6.09 Å². The fourth-order valence-electron chi connectivity index (χ4n) is 2.74. The lowest BCUT2D eigenvalue weighted by Gasteiger charge is -2.39. The van der Waals surface area contributed by atoms with E-state index in [4.69, 9.17) is 9.47 Å². The fraction of sp³-hybridized carbons (Fsp3) is 0.929. The number of piperidine rings is 1. The van der Waals surface area contributed by atoms with Crippen molar-refractivity contribution < 1.29 is 14.3 Å². The Kier molecular flexibility index (Phi) is 3.58. The highest BCUT2D eigenvalue weighted by Gasteiger charge is 2.54. The van der Waals surface area contributed by atoms with Gasteiger partial charge in [-0.1, -0.05) is 6.92 Å². The number of rotatable bonds is 2. The standard InChI is InChI=1S/C14H25NO3/c1-5-14(10-17-14)11-8-6-7-9-15(11)12(16)18-13(2,3)4/h11H,5-10H2,1-4H3/t11-,14-/m0/s1. The van der Waals surface area contributed by atoms with Gasteiger partial charge in [0.15, 0.2) is 0 Å². The second kappa shape index (κ2) is 4.72. The number of ether oxygens (including phenoxy) is 2. The van der Waals surface area contributed by atoms with Crippen LogP contribution in [-0.4, -0.2) is 41.4 Å². The van der Waals surface area contributed by atoms with E-state index >= 15 is 0 Å². The van der Waals surface area contributed by atoms with Crippen LogP contribution in [-0.2, 0) is 9.47 Å². The molecule has 0 spiro atoms. The minimum absolute atomic E-state index is 0.0860. The summed E-state index contributed by atoms with van der Waals surface area (Å²) in [5, 5.41) is 0. The van der Waals surface area contributed by atoms with Crippen molar-refractivity contribution in [2.45, 2.75) is 70.6 Å². The normalized spacial score (nSPS) is 32.2. The third kappa shape index (κ3) is 2.79. The van der Waals surface area contributed by atoms with Gasteiger partial charge in [0.25, 0.3) is 0 Å². The maximum atomic E-state index is 12.3. The van der Waals surface area contributed by atoms with Gasteiger partial charge in [-0.25, -0.2) is 4.79 Å². The highest BCUT2D eigenvalue weighted by atomic mass is 16.6. The third-order valence-electron chi connectivity index (χ3n) is 3.85. The molecule has 0 bridgehead atoms. The van der Waals surface area contributed by atoms with Crippen LogP contribution in [0.4, 0.5) is 4.79 Å². The summed E-state index contributed by atoms with van der Waals surface area (Å²) in [5.41, 5.74) is -0.514. The van der Waals surface area contributed by atoms with Gasteiger partial charge in [0.1, 0.15) is 11.2 Å². The first kappa shape index (κ1) is 13.7. The molecule has 0 unspecified atom stereocenters.